The molecule has 1 fully saturated rings. The molecule has 5 rings (SSSR count). The van der Waals surface area contributed by atoms with Crippen molar-refractivity contribution in [2.75, 3.05) is 37.4 Å². The van der Waals surface area contributed by atoms with Gasteiger partial charge in [0.2, 0.25) is 0 Å². The maximum Gasteiger partial charge on any atom is 0.258 e. The summed E-state index contributed by atoms with van der Waals surface area (Å²) in [7, 11) is 3.11. The highest BCUT2D eigenvalue weighted by Gasteiger charge is 2.48. The number of nitrogens with two attached hydrogens (primary N) is 2. The van der Waals surface area contributed by atoms with Gasteiger partial charge in [-0.3, -0.25) is 4.79 Å². The number of rotatable bonds is 3. The lowest BCUT2D eigenvalue weighted by Crippen LogP contribution is -2.26. The highest BCUT2D eigenvalue weighted by molar-refractivity contribution is 6.34. The van der Waals surface area contributed by atoms with Crippen LogP contribution in [0.15, 0.2) is 24.5 Å². The molecule has 0 unspecified atom stereocenters. The van der Waals surface area contributed by atoms with Gasteiger partial charge >= 0.3 is 0 Å². The van der Waals surface area contributed by atoms with E-state index >= 15 is 4.39 Å². The number of anilines is 3. The number of nitrogens with one attached hydrogen (secondary N) is 1. The molecule has 34 heavy (non-hydrogen) atoms. The first-order chi connectivity index (χ1) is 16.1. The topological polar surface area (TPSA) is 115 Å². The van der Waals surface area contributed by atoms with E-state index in [2.05, 4.69) is 15.4 Å². The van der Waals surface area contributed by atoms with Crippen LogP contribution >= 0.6 is 11.6 Å². The summed E-state index contributed by atoms with van der Waals surface area (Å²) < 4.78 is 17.5. The molecule has 10 heteroatoms. The number of hydrogen-bond acceptors (Lipinski definition) is 6. The van der Waals surface area contributed by atoms with Crippen LogP contribution in [0.25, 0.3) is 11.1 Å². The second kappa shape index (κ2) is 7.87. The summed E-state index contributed by atoms with van der Waals surface area (Å²) in [4.78, 5) is 18.4. The molecule has 2 aromatic heterocycles. The Hall–Kier alpha value is -3.33. The summed E-state index contributed by atoms with van der Waals surface area (Å²) in [6.45, 7) is 2.63. The Morgan fingerprint density at radius 2 is 2.06 bits per heavy atom. The number of halogens is 2. The molecule has 2 atom stereocenters. The van der Waals surface area contributed by atoms with Gasteiger partial charge in [0.25, 0.3) is 5.91 Å². The van der Waals surface area contributed by atoms with E-state index in [9.17, 15) is 4.79 Å². The fourth-order valence-corrected chi connectivity index (χ4v) is 5.76. The van der Waals surface area contributed by atoms with Gasteiger partial charge in [-0.15, -0.1) is 0 Å². The average molecular weight is 484 g/mol. The molecule has 0 bridgehead atoms. The van der Waals surface area contributed by atoms with Gasteiger partial charge in [0.1, 0.15) is 17.5 Å². The second-order valence-corrected chi connectivity index (χ2v) is 9.87. The third-order valence-electron chi connectivity index (χ3n) is 7.18. The maximum atomic E-state index is 15.6. The third kappa shape index (κ3) is 3.21. The first-order valence-corrected chi connectivity index (χ1v) is 11.5. The van der Waals surface area contributed by atoms with Crippen LogP contribution in [0.2, 0.25) is 5.02 Å². The van der Waals surface area contributed by atoms with Crippen LogP contribution < -0.4 is 16.8 Å². The highest BCUT2D eigenvalue weighted by atomic mass is 35.5. The third-order valence-corrected chi connectivity index (χ3v) is 7.57. The molecule has 3 heterocycles. The van der Waals surface area contributed by atoms with E-state index in [1.807, 2.05) is 11.6 Å². The van der Waals surface area contributed by atoms with Crippen LogP contribution in [0.4, 0.5) is 21.7 Å². The summed E-state index contributed by atoms with van der Waals surface area (Å²) in [5.74, 6) is 0.171. The molecule has 1 amide bonds. The molecule has 1 saturated carbocycles. The highest BCUT2D eigenvalue weighted by Crippen LogP contribution is 2.55. The predicted molar refractivity (Wildman–Crippen MR) is 132 cm³/mol. The van der Waals surface area contributed by atoms with Crippen LogP contribution in [0, 0.1) is 12.7 Å². The minimum absolute atomic E-state index is 0.0778. The molecule has 0 radical (unpaired) electrons. The van der Waals surface area contributed by atoms with E-state index < -0.39 is 11.7 Å². The lowest BCUT2D eigenvalue weighted by atomic mass is 9.80. The van der Waals surface area contributed by atoms with E-state index in [4.69, 9.17) is 23.1 Å². The van der Waals surface area contributed by atoms with Gasteiger partial charge in [-0.2, -0.15) is 5.10 Å². The zero-order valence-corrected chi connectivity index (χ0v) is 20.1. The lowest BCUT2D eigenvalue weighted by Gasteiger charge is -2.25. The van der Waals surface area contributed by atoms with Crippen molar-refractivity contribution in [1.82, 2.24) is 19.7 Å². The quantitative estimate of drug-likeness (QED) is 0.485. The molecular weight excluding hydrogens is 457 g/mol. The van der Waals surface area contributed by atoms with Gasteiger partial charge in [-0.05, 0) is 38.3 Å². The minimum Gasteiger partial charge on any atom is -0.398 e. The van der Waals surface area contributed by atoms with Crippen molar-refractivity contribution in [3.8, 4) is 11.1 Å². The number of pyridine rings is 1. The number of hydrogen-bond donors (Lipinski definition) is 3. The number of carbonyl (C=O) groups excluding carboxylic acids is 1. The molecule has 1 aliphatic heterocycles. The van der Waals surface area contributed by atoms with Crippen molar-refractivity contribution in [3.63, 3.8) is 0 Å². The van der Waals surface area contributed by atoms with Crippen molar-refractivity contribution >= 4 is 34.8 Å². The van der Waals surface area contributed by atoms with Gasteiger partial charge < -0.3 is 21.7 Å². The summed E-state index contributed by atoms with van der Waals surface area (Å²) in [6.07, 6.45) is 5.88. The number of nitrogens with zero attached hydrogens (tertiary/aromatic N) is 4. The molecule has 0 saturated heterocycles. The standard InChI is InChI=1S/C24H27ClFN7O/c1-12-9-31-33(21(12)28)13-6-7-24(8-13)11-30-22-18(24)19(25)15(10-29-22)14-4-5-16(27)17(20(14)26)23(34)32(2)3/h4-5,9-10,13H,6-8,11,27-28H2,1-3H3,(H,29,30)/t13-,24-/m0/s1. The summed E-state index contributed by atoms with van der Waals surface area (Å²) >= 11 is 6.97. The van der Waals surface area contributed by atoms with E-state index in [-0.39, 0.29) is 28.3 Å². The van der Waals surface area contributed by atoms with Crippen molar-refractivity contribution in [2.45, 2.75) is 37.6 Å². The molecule has 2 aliphatic rings. The zero-order chi connectivity index (χ0) is 24.4. The Kier molecular flexibility index (Phi) is 5.20. The number of carbonyl (C=O) groups is 1. The van der Waals surface area contributed by atoms with Gasteiger partial charge in [-0.25, -0.2) is 14.1 Å². The van der Waals surface area contributed by atoms with Gasteiger partial charge in [0, 0.05) is 60.2 Å². The number of fused-ring (bicyclic) bond motifs is 2. The largest absolute Gasteiger partial charge is 0.398 e. The summed E-state index contributed by atoms with van der Waals surface area (Å²) in [5, 5.41) is 8.30. The van der Waals surface area contributed by atoms with Crippen LogP contribution in [-0.4, -0.2) is 46.2 Å². The molecule has 1 aliphatic carbocycles. The average Bonchev–Trinajstić information content (AvgIpc) is 3.48. The van der Waals surface area contributed by atoms with E-state index in [1.54, 1.807) is 32.6 Å². The summed E-state index contributed by atoms with van der Waals surface area (Å²) in [5.41, 5.74) is 14.3. The number of nitrogen functional groups attached to an aromatic ring is 2. The maximum absolute atomic E-state index is 15.6. The smallest absolute Gasteiger partial charge is 0.258 e. The number of aryl methyl sites for hydroxylation is 1. The van der Waals surface area contributed by atoms with Gasteiger partial charge in [-0.1, -0.05) is 11.6 Å². The van der Waals surface area contributed by atoms with Crippen LogP contribution in [0.1, 0.15) is 46.8 Å². The van der Waals surface area contributed by atoms with Gasteiger partial charge in [0.05, 0.1) is 22.8 Å². The van der Waals surface area contributed by atoms with Gasteiger partial charge in [0.15, 0.2) is 0 Å². The Bertz CT molecular complexity index is 1320. The number of amides is 1. The van der Waals surface area contributed by atoms with E-state index in [1.165, 1.54) is 11.0 Å². The normalized spacial score (nSPS) is 21.0. The molecule has 3 aromatic rings. The van der Waals surface area contributed by atoms with Crippen LogP contribution in [0.5, 0.6) is 0 Å². The Labute approximate surface area is 202 Å². The molecular formula is C24H27ClFN7O. The Morgan fingerprint density at radius 3 is 2.74 bits per heavy atom. The minimum atomic E-state index is -0.702. The van der Waals surface area contributed by atoms with Crippen LogP contribution in [-0.2, 0) is 5.41 Å². The molecule has 1 spiro atoms. The number of benzene rings is 1. The van der Waals surface area contributed by atoms with E-state index in [0.29, 0.717) is 28.8 Å². The first kappa shape index (κ1) is 22.5. The second-order valence-electron chi connectivity index (χ2n) is 9.49. The van der Waals surface area contributed by atoms with Crippen LogP contribution in [0.3, 0.4) is 0 Å². The van der Waals surface area contributed by atoms with Crippen molar-refractivity contribution in [1.29, 1.82) is 0 Å². The SMILES string of the molecule is Cc1cnn([C@H]2CC[C@@]3(CNc4ncc(-c5ccc(N)c(C(=O)N(C)C)c5F)c(Cl)c43)C2)c1N. The molecule has 1 aromatic carbocycles. The van der Waals surface area contributed by atoms with E-state index in [0.717, 1.165) is 30.4 Å². The molecule has 8 nitrogen and oxygen atoms in total. The Morgan fingerprint density at radius 1 is 1.29 bits per heavy atom. The van der Waals surface area contributed by atoms with Crippen molar-refractivity contribution in [2.24, 2.45) is 0 Å². The lowest BCUT2D eigenvalue weighted by molar-refractivity contribution is 0.0824. The Balaban J connectivity index is 1.58. The zero-order valence-electron chi connectivity index (χ0n) is 19.3. The molecule has 178 valence electrons. The predicted octanol–water partition coefficient (Wildman–Crippen LogP) is 4.00. The molecule has 5 N–H and O–H groups in total. The van der Waals surface area contributed by atoms with Crippen molar-refractivity contribution < 1.29 is 9.18 Å². The fourth-order valence-electron chi connectivity index (χ4n) is 5.32. The van der Waals surface area contributed by atoms with Crippen molar-refractivity contribution in [3.05, 3.63) is 52.1 Å². The number of aromatic nitrogens is 3. The summed E-state index contributed by atoms with van der Waals surface area (Å²) in [6, 6.07) is 3.21. The monoisotopic (exact) mass is 483 g/mol. The first-order valence-electron chi connectivity index (χ1n) is 11.2. The fraction of sp³-hybridized carbons (Fsp3) is 0.375.